The number of aromatic nitrogens is 2. The number of nitrogens with zero attached hydrogens (tertiary/aromatic N) is 2. The van der Waals surface area contributed by atoms with Crippen molar-refractivity contribution >= 4 is 0 Å². The summed E-state index contributed by atoms with van der Waals surface area (Å²) in [7, 11) is 0. The predicted octanol–water partition coefficient (Wildman–Crippen LogP) is 1.76. The van der Waals surface area contributed by atoms with Crippen molar-refractivity contribution in [3.63, 3.8) is 0 Å². The molecule has 12 heavy (non-hydrogen) atoms. The third kappa shape index (κ3) is 4.17. The summed E-state index contributed by atoms with van der Waals surface area (Å²) in [5.41, 5.74) is 0. The SMILES string of the molecule is [c]1cccnc1.[c]1cccnc1. The molecule has 0 spiro atoms. The molecule has 2 aromatic heterocycles. The fourth-order valence-electron chi connectivity index (χ4n) is 0.555. The van der Waals surface area contributed by atoms with Crippen molar-refractivity contribution in [3.05, 3.63) is 61.2 Å². The smallest absolute Gasteiger partial charge is 0.0346 e. The third-order valence-corrected chi connectivity index (χ3v) is 1.03. The zero-order valence-corrected chi connectivity index (χ0v) is 6.51. The van der Waals surface area contributed by atoms with Gasteiger partial charge in [0.25, 0.3) is 0 Å². The summed E-state index contributed by atoms with van der Waals surface area (Å²) in [6, 6.07) is 12.9. The molecule has 0 aliphatic rings. The molecule has 0 aliphatic heterocycles. The van der Waals surface area contributed by atoms with Crippen LogP contribution in [0.3, 0.4) is 0 Å². The topological polar surface area (TPSA) is 25.8 Å². The first-order valence-corrected chi connectivity index (χ1v) is 3.52. The maximum atomic E-state index is 3.73. The fraction of sp³-hybridized carbons (Fsp3) is 0. The quantitative estimate of drug-likeness (QED) is 0.580. The maximum absolute atomic E-state index is 3.73. The highest BCUT2D eigenvalue weighted by molar-refractivity contribution is 4.86. The third-order valence-electron chi connectivity index (χ3n) is 1.03. The van der Waals surface area contributed by atoms with E-state index in [0.717, 1.165) is 0 Å². The summed E-state index contributed by atoms with van der Waals surface area (Å²) < 4.78 is 0. The van der Waals surface area contributed by atoms with Crippen molar-refractivity contribution in [1.82, 2.24) is 9.97 Å². The molecule has 2 nitrogen and oxygen atoms in total. The molecule has 0 atom stereocenters. The normalized spacial score (nSPS) is 8.00. The summed E-state index contributed by atoms with van der Waals surface area (Å²) in [5, 5.41) is 0. The molecule has 2 heterocycles. The molecule has 0 unspecified atom stereocenters. The molecule has 0 bridgehead atoms. The number of rotatable bonds is 0. The molecule has 2 heteroatoms. The van der Waals surface area contributed by atoms with Crippen LogP contribution >= 0.6 is 0 Å². The molecule has 2 rings (SSSR count). The van der Waals surface area contributed by atoms with Gasteiger partial charge in [0.05, 0.1) is 0 Å². The first-order valence-electron chi connectivity index (χ1n) is 3.52. The summed E-state index contributed by atoms with van der Waals surface area (Å²) in [6.45, 7) is 0. The molecular formula is C10H8N2. The molecule has 0 amide bonds. The molecule has 2 radical (unpaired) electrons. The second kappa shape index (κ2) is 6.04. The molecule has 0 aromatic carbocycles. The summed E-state index contributed by atoms with van der Waals surface area (Å²) >= 11 is 0. The van der Waals surface area contributed by atoms with Gasteiger partial charge in [-0.3, -0.25) is 9.97 Å². The Hall–Kier alpha value is -1.70. The molecule has 0 fully saturated rings. The van der Waals surface area contributed by atoms with Crippen LogP contribution in [-0.4, -0.2) is 9.97 Å². The molecule has 58 valence electrons. The largest absolute Gasteiger partial charge is 0.264 e. The van der Waals surface area contributed by atoms with Crippen LogP contribution in [0.1, 0.15) is 0 Å². The van der Waals surface area contributed by atoms with Gasteiger partial charge in [-0.1, -0.05) is 12.1 Å². The van der Waals surface area contributed by atoms with Gasteiger partial charge in [-0.25, -0.2) is 0 Å². The molecule has 0 saturated carbocycles. The van der Waals surface area contributed by atoms with E-state index in [4.69, 9.17) is 0 Å². The van der Waals surface area contributed by atoms with Gasteiger partial charge in [0.1, 0.15) is 0 Å². The lowest BCUT2D eigenvalue weighted by Gasteiger charge is -1.69. The highest BCUT2D eigenvalue weighted by Gasteiger charge is 1.60. The van der Waals surface area contributed by atoms with E-state index in [1.54, 1.807) is 24.8 Å². The van der Waals surface area contributed by atoms with Crippen molar-refractivity contribution in [2.75, 3.05) is 0 Å². The number of pyridine rings is 2. The Morgan fingerprint density at radius 2 is 1.25 bits per heavy atom. The van der Waals surface area contributed by atoms with Gasteiger partial charge in [-0.15, -0.1) is 0 Å². The van der Waals surface area contributed by atoms with Crippen LogP contribution in [0, 0.1) is 12.1 Å². The van der Waals surface area contributed by atoms with Gasteiger partial charge in [0.2, 0.25) is 0 Å². The monoisotopic (exact) mass is 156 g/mol. The van der Waals surface area contributed by atoms with E-state index < -0.39 is 0 Å². The van der Waals surface area contributed by atoms with Gasteiger partial charge in [-0.2, -0.15) is 0 Å². The first-order chi connectivity index (χ1) is 6.00. The average molecular weight is 156 g/mol. The van der Waals surface area contributed by atoms with Gasteiger partial charge in [-0.05, 0) is 12.1 Å². The van der Waals surface area contributed by atoms with Gasteiger partial charge < -0.3 is 0 Å². The van der Waals surface area contributed by atoms with E-state index in [-0.39, 0.29) is 0 Å². The Morgan fingerprint density at radius 1 is 0.750 bits per heavy atom. The Morgan fingerprint density at radius 3 is 1.33 bits per heavy atom. The molecule has 2 aromatic rings. The maximum Gasteiger partial charge on any atom is 0.0346 e. The van der Waals surface area contributed by atoms with Crippen LogP contribution in [0.4, 0.5) is 0 Å². The lowest BCUT2D eigenvalue weighted by molar-refractivity contribution is 1.32. The van der Waals surface area contributed by atoms with Crippen LogP contribution in [0.5, 0.6) is 0 Å². The van der Waals surface area contributed by atoms with Crippen molar-refractivity contribution in [2.45, 2.75) is 0 Å². The predicted molar refractivity (Wildman–Crippen MR) is 46.1 cm³/mol. The van der Waals surface area contributed by atoms with Crippen molar-refractivity contribution in [1.29, 1.82) is 0 Å². The summed E-state index contributed by atoms with van der Waals surface area (Å²) in [5.74, 6) is 0. The standard InChI is InChI=1S/2C5H4N/c2*1-2-4-6-5-3-1/h2*1-2,4-5H. The minimum absolute atomic E-state index is 1.62. The molecule has 0 N–H and O–H groups in total. The van der Waals surface area contributed by atoms with E-state index in [0.29, 0.717) is 0 Å². The molecule has 0 saturated heterocycles. The Labute approximate surface area is 71.9 Å². The van der Waals surface area contributed by atoms with Gasteiger partial charge in [0, 0.05) is 36.9 Å². The lowest BCUT2D eigenvalue weighted by Crippen LogP contribution is -1.59. The van der Waals surface area contributed by atoms with E-state index in [1.807, 2.05) is 24.3 Å². The fourth-order valence-corrected chi connectivity index (χ4v) is 0.555. The van der Waals surface area contributed by atoms with Crippen LogP contribution in [-0.2, 0) is 0 Å². The van der Waals surface area contributed by atoms with Crippen molar-refractivity contribution in [2.24, 2.45) is 0 Å². The Bertz CT molecular complexity index is 183. The molecule has 0 aliphatic carbocycles. The number of hydrogen-bond acceptors (Lipinski definition) is 2. The zero-order valence-electron chi connectivity index (χ0n) is 6.51. The van der Waals surface area contributed by atoms with Crippen LogP contribution in [0.25, 0.3) is 0 Å². The Balaban J connectivity index is 0.000000120. The van der Waals surface area contributed by atoms with Crippen molar-refractivity contribution in [3.8, 4) is 0 Å². The summed E-state index contributed by atoms with van der Waals surface area (Å²) in [4.78, 5) is 7.46. The molecular weight excluding hydrogens is 148 g/mol. The van der Waals surface area contributed by atoms with E-state index in [9.17, 15) is 0 Å². The van der Waals surface area contributed by atoms with E-state index >= 15 is 0 Å². The van der Waals surface area contributed by atoms with Gasteiger partial charge >= 0.3 is 0 Å². The lowest BCUT2D eigenvalue weighted by atomic mass is 10.5. The highest BCUT2D eigenvalue weighted by Crippen LogP contribution is 1.72. The second-order valence-electron chi connectivity index (χ2n) is 1.91. The van der Waals surface area contributed by atoms with Crippen molar-refractivity contribution < 1.29 is 0 Å². The van der Waals surface area contributed by atoms with Crippen LogP contribution < -0.4 is 0 Å². The second-order valence-corrected chi connectivity index (χ2v) is 1.91. The van der Waals surface area contributed by atoms with Crippen LogP contribution in [0.2, 0.25) is 0 Å². The minimum Gasteiger partial charge on any atom is -0.264 e. The van der Waals surface area contributed by atoms with Crippen LogP contribution in [0.15, 0.2) is 49.1 Å². The Kier molecular flexibility index (Phi) is 4.23. The number of hydrogen-bond donors (Lipinski definition) is 0. The first kappa shape index (κ1) is 8.40. The average Bonchev–Trinajstić information content (AvgIpc) is 2.24. The van der Waals surface area contributed by atoms with E-state index in [2.05, 4.69) is 22.1 Å². The highest BCUT2D eigenvalue weighted by atomic mass is 14.6. The summed E-state index contributed by atoms with van der Waals surface area (Å²) in [6.07, 6.45) is 6.69. The zero-order chi connectivity index (χ0) is 8.49. The minimum atomic E-state index is 1.62. The van der Waals surface area contributed by atoms with E-state index in [1.165, 1.54) is 0 Å². The van der Waals surface area contributed by atoms with Gasteiger partial charge in [0.15, 0.2) is 0 Å².